The van der Waals surface area contributed by atoms with Gasteiger partial charge in [-0.1, -0.05) is 12.1 Å². The second kappa shape index (κ2) is 7.77. The van der Waals surface area contributed by atoms with E-state index in [2.05, 4.69) is 15.0 Å². The minimum Gasteiger partial charge on any atom is -0.497 e. The normalized spacial score (nSPS) is 11.5. The third-order valence-corrected chi connectivity index (χ3v) is 5.53. The van der Waals surface area contributed by atoms with Crippen molar-refractivity contribution in [3.63, 3.8) is 0 Å². The molecule has 0 bridgehead atoms. The second-order valence-electron chi connectivity index (χ2n) is 5.85. The lowest BCUT2D eigenvalue weighted by atomic mass is 10.3. The van der Waals surface area contributed by atoms with Gasteiger partial charge in [-0.05, 0) is 36.4 Å². The number of hydrogen-bond acceptors (Lipinski definition) is 5. The Labute approximate surface area is 157 Å². The number of carbonyl (C=O) groups excluding carboxylic acids is 1. The van der Waals surface area contributed by atoms with Crippen molar-refractivity contribution in [2.24, 2.45) is 7.05 Å². The van der Waals surface area contributed by atoms with Crippen LogP contribution in [-0.4, -0.2) is 37.5 Å². The number of fused-ring (bicyclic) bond motifs is 1. The van der Waals surface area contributed by atoms with Gasteiger partial charge in [0.05, 0.1) is 36.1 Å². The van der Waals surface area contributed by atoms with Crippen LogP contribution in [0.3, 0.4) is 0 Å². The first-order valence-electron chi connectivity index (χ1n) is 8.21. The predicted octanol–water partition coefficient (Wildman–Crippen LogP) is 1.18. The van der Waals surface area contributed by atoms with Gasteiger partial charge in [-0.25, -0.2) is 18.1 Å². The van der Waals surface area contributed by atoms with E-state index in [1.165, 1.54) is 19.2 Å². The number of imidazole rings is 1. The molecule has 1 amide bonds. The zero-order valence-corrected chi connectivity index (χ0v) is 15.8. The van der Waals surface area contributed by atoms with Crippen LogP contribution in [0.4, 0.5) is 0 Å². The number of benzene rings is 2. The third kappa shape index (κ3) is 4.26. The number of aryl methyl sites for hydroxylation is 1. The zero-order chi connectivity index (χ0) is 19.4. The van der Waals surface area contributed by atoms with Gasteiger partial charge in [0.25, 0.3) is 0 Å². The summed E-state index contributed by atoms with van der Waals surface area (Å²) in [5, 5.41) is 2.67. The van der Waals surface area contributed by atoms with Gasteiger partial charge < -0.3 is 14.6 Å². The van der Waals surface area contributed by atoms with Crippen LogP contribution in [0.1, 0.15) is 5.82 Å². The number of rotatable bonds is 7. The molecule has 1 aromatic heterocycles. The summed E-state index contributed by atoms with van der Waals surface area (Å²) in [6.07, 6.45) is 0. The van der Waals surface area contributed by atoms with Gasteiger partial charge in [0, 0.05) is 7.05 Å². The molecule has 0 saturated heterocycles. The van der Waals surface area contributed by atoms with Crippen molar-refractivity contribution in [1.82, 2.24) is 19.6 Å². The monoisotopic (exact) mass is 388 g/mol. The van der Waals surface area contributed by atoms with Crippen molar-refractivity contribution in [2.75, 3.05) is 13.7 Å². The minimum absolute atomic E-state index is 0.0615. The maximum atomic E-state index is 12.2. The first-order valence-corrected chi connectivity index (χ1v) is 9.70. The summed E-state index contributed by atoms with van der Waals surface area (Å²) in [6.45, 7) is -0.160. The number of para-hydroxylation sites is 2. The Morgan fingerprint density at radius 2 is 1.85 bits per heavy atom. The summed E-state index contributed by atoms with van der Waals surface area (Å²) in [7, 11) is -0.418. The van der Waals surface area contributed by atoms with E-state index in [0.29, 0.717) is 11.6 Å². The quantitative estimate of drug-likeness (QED) is 0.633. The summed E-state index contributed by atoms with van der Waals surface area (Å²) in [5.74, 6) is 0.788. The Morgan fingerprint density at radius 3 is 2.52 bits per heavy atom. The smallest absolute Gasteiger partial charge is 0.241 e. The van der Waals surface area contributed by atoms with E-state index < -0.39 is 15.9 Å². The molecule has 2 N–H and O–H groups in total. The Balaban J connectivity index is 1.57. The van der Waals surface area contributed by atoms with Crippen molar-refractivity contribution >= 4 is 27.0 Å². The first-order chi connectivity index (χ1) is 12.9. The molecular weight excluding hydrogens is 368 g/mol. The summed E-state index contributed by atoms with van der Waals surface area (Å²) < 4.78 is 33.6. The van der Waals surface area contributed by atoms with Gasteiger partial charge in [0.2, 0.25) is 15.9 Å². The fraction of sp³-hybridized carbons (Fsp3) is 0.222. The fourth-order valence-electron chi connectivity index (χ4n) is 2.59. The number of carbonyl (C=O) groups is 1. The lowest BCUT2D eigenvalue weighted by molar-refractivity contribution is -0.120. The molecule has 3 aromatic rings. The van der Waals surface area contributed by atoms with Crippen LogP contribution in [0.25, 0.3) is 11.0 Å². The van der Waals surface area contributed by atoms with Crippen molar-refractivity contribution in [1.29, 1.82) is 0 Å². The molecule has 27 heavy (non-hydrogen) atoms. The van der Waals surface area contributed by atoms with Crippen LogP contribution in [0, 0.1) is 0 Å². The molecular formula is C18H20N4O4S. The summed E-state index contributed by atoms with van der Waals surface area (Å²) in [5.41, 5.74) is 1.80. The molecule has 8 nitrogen and oxygen atoms in total. The molecule has 0 aliphatic heterocycles. The molecule has 0 aliphatic rings. The summed E-state index contributed by atoms with van der Waals surface area (Å²) in [4.78, 5) is 16.5. The summed E-state index contributed by atoms with van der Waals surface area (Å²) >= 11 is 0. The maximum Gasteiger partial charge on any atom is 0.241 e. The van der Waals surface area contributed by atoms with E-state index in [9.17, 15) is 13.2 Å². The number of methoxy groups -OCH3 is 1. The van der Waals surface area contributed by atoms with Crippen LogP contribution in [0.5, 0.6) is 5.75 Å². The van der Waals surface area contributed by atoms with Crippen molar-refractivity contribution in [2.45, 2.75) is 11.4 Å². The average Bonchev–Trinajstić information content (AvgIpc) is 3.01. The second-order valence-corrected chi connectivity index (χ2v) is 7.62. The van der Waals surface area contributed by atoms with E-state index in [4.69, 9.17) is 4.74 Å². The lowest BCUT2D eigenvalue weighted by Gasteiger charge is -2.08. The standard InChI is InChI=1S/C18H20N4O4S/c1-22-16-6-4-3-5-15(16)21-17(22)11-19-18(23)12-20-27(24,25)14-9-7-13(26-2)8-10-14/h3-10,20H,11-12H2,1-2H3,(H,19,23). The van der Waals surface area contributed by atoms with Crippen molar-refractivity contribution < 1.29 is 17.9 Å². The Kier molecular flexibility index (Phi) is 5.43. The van der Waals surface area contributed by atoms with Gasteiger partial charge in [0.15, 0.2) is 0 Å². The van der Waals surface area contributed by atoms with E-state index in [1.807, 2.05) is 35.9 Å². The predicted molar refractivity (Wildman–Crippen MR) is 101 cm³/mol. The highest BCUT2D eigenvalue weighted by Gasteiger charge is 2.16. The molecule has 0 spiro atoms. The number of nitrogens with one attached hydrogen (secondary N) is 2. The number of amides is 1. The van der Waals surface area contributed by atoms with Crippen LogP contribution in [-0.2, 0) is 28.4 Å². The topological polar surface area (TPSA) is 102 Å². The molecule has 0 unspecified atom stereocenters. The molecule has 0 fully saturated rings. The number of sulfonamides is 1. The molecule has 1 heterocycles. The lowest BCUT2D eigenvalue weighted by Crippen LogP contribution is -2.37. The molecule has 3 rings (SSSR count). The van der Waals surface area contributed by atoms with Crippen LogP contribution in [0.15, 0.2) is 53.4 Å². The number of nitrogens with zero attached hydrogens (tertiary/aromatic N) is 2. The van der Waals surface area contributed by atoms with Crippen molar-refractivity contribution in [3.8, 4) is 5.75 Å². The zero-order valence-electron chi connectivity index (χ0n) is 15.0. The Morgan fingerprint density at radius 1 is 1.15 bits per heavy atom. The van der Waals surface area contributed by atoms with Crippen molar-refractivity contribution in [3.05, 3.63) is 54.4 Å². The average molecular weight is 388 g/mol. The van der Waals surface area contributed by atoms with Gasteiger partial charge >= 0.3 is 0 Å². The highest BCUT2D eigenvalue weighted by atomic mass is 32.2. The van der Waals surface area contributed by atoms with Gasteiger partial charge in [-0.2, -0.15) is 0 Å². The number of aromatic nitrogens is 2. The van der Waals surface area contributed by atoms with Gasteiger partial charge in [-0.15, -0.1) is 0 Å². The minimum atomic E-state index is -3.78. The van der Waals surface area contributed by atoms with Crippen LogP contribution < -0.4 is 14.8 Å². The molecule has 142 valence electrons. The molecule has 2 aromatic carbocycles. The highest BCUT2D eigenvalue weighted by Crippen LogP contribution is 2.15. The largest absolute Gasteiger partial charge is 0.497 e. The molecule has 0 atom stereocenters. The third-order valence-electron chi connectivity index (χ3n) is 4.12. The van der Waals surface area contributed by atoms with Gasteiger partial charge in [0.1, 0.15) is 11.6 Å². The Bertz CT molecular complexity index is 1060. The fourth-order valence-corrected chi connectivity index (χ4v) is 3.57. The maximum absolute atomic E-state index is 12.2. The Hall–Kier alpha value is -2.91. The summed E-state index contributed by atoms with van der Waals surface area (Å²) in [6, 6.07) is 13.6. The van der Waals surface area contributed by atoms with E-state index in [0.717, 1.165) is 11.0 Å². The van der Waals surface area contributed by atoms with E-state index in [1.54, 1.807) is 12.1 Å². The van der Waals surface area contributed by atoms with E-state index >= 15 is 0 Å². The van der Waals surface area contributed by atoms with E-state index in [-0.39, 0.29) is 18.0 Å². The molecule has 9 heteroatoms. The van der Waals surface area contributed by atoms with Crippen LogP contribution >= 0.6 is 0 Å². The van der Waals surface area contributed by atoms with Crippen LogP contribution in [0.2, 0.25) is 0 Å². The number of ether oxygens (including phenoxy) is 1. The highest BCUT2D eigenvalue weighted by molar-refractivity contribution is 7.89. The molecule has 0 aliphatic carbocycles. The number of hydrogen-bond donors (Lipinski definition) is 2. The van der Waals surface area contributed by atoms with Gasteiger partial charge in [-0.3, -0.25) is 4.79 Å². The molecule has 0 saturated carbocycles. The SMILES string of the molecule is COc1ccc(S(=O)(=O)NCC(=O)NCc2nc3ccccc3n2C)cc1. The molecule has 0 radical (unpaired) electrons. The first kappa shape index (κ1) is 18.9.